The van der Waals surface area contributed by atoms with Crippen LogP contribution < -0.4 is 5.32 Å². The summed E-state index contributed by atoms with van der Waals surface area (Å²) in [5.41, 5.74) is -0.566. The van der Waals surface area contributed by atoms with Crippen molar-refractivity contribution in [3.8, 4) is 0 Å². The molecule has 1 N–H and O–H groups in total. The molecule has 0 atom stereocenters. The van der Waals surface area contributed by atoms with Gasteiger partial charge in [-0.3, -0.25) is 4.79 Å². The molecular weight excluding hydrogens is 342 g/mol. The van der Waals surface area contributed by atoms with Crippen LogP contribution in [0.25, 0.3) is 0 Å². The summed E-state index contributed by atoms with van der Waals surface area (Å²) >= 11 is 0. The van der Waals surface area contributed by atoms with E-state index in [1.807, 2.05) is 13.8 Å². The molecule has 0 aromatic heterocycles. The molecule has 0 aliphatic carbocycles. The molecule has 0 saturated heterocycles. The average molecular weight is 388 g/mol. The van der Waals surface area contributed by atoms with Gasteiger partial charge < -0.3 is 19.5 Å². The average Bonchev–Trinajstić information content (AvgIpc) is 2.51. The molecule has 0 spiro atoms. The second-order valence-corrected chi connectivity index (χ2v) is 10.8. The Morgan fingerprint density at radius 2 is 1.22 bits per heavy atom. The number of hydrogen-bond donors (Lipinski definition) is 1. The Labute approximate surface area is 167 Å². The highest BCUT2D eigenvalue weighted by Gasteiger charge is 2.31. The zero-order valence-corrected chi connectivity index (χ0v) is 19.6. The van der Waals surface area contributed by atoms with Crippen molar-refractivity contribution in [1.29, 1.82) is 0 Å². The largest absolute Gasteiger partial charge is 0.384 e. The van der Waals surface area contributed by atoms with Gasteiger partial charge in [0.2, 0.25) is 5.91 Å². The summed E-state index contributed by atoms with van der Waals surface area (Å²) in [5.74, 6) is 0.0181. The summed E-state index contributed by atoms with van der Waals surface area (Å²) < 4.78 is 16.9. The zero-order valence-electron chi connectivity index (χ0n) is 19.6. The van der Waals surface area contributed by atoms with E-state index < -0.39 is 5.41 Å². The van der Waals surface area contributed by atoms with Gasteiger partial charge in [-0.1, -0.05) is 48.5 Å². The fourth-order valence-corrected chi connectivity index (χ4v) is 2.40. The van der Waals surface area contributed by atoms with Crippen molar-refractivity contribution in [2.45, 2.75) is 68.7 Å². The summed E-state index contributed by atoms with van der Waals surface area (Å²) in [5, 5.41) is 3.07. The number of carbonyl (C=O) groups excluding carboxylic acids is 1. The van der Waals surface area contributed by atoms with Crippen LogP contribution in [0.5, 0.6) is 0 Å². The van der Waals surface area contributed by atoms with E-state index in [1.165, 1.54) is 0 Å². The van der Waals surface area contributed by atoms with Crippen LogP contribution in [0.3, 0.4) is 0 Å². The molecule has 0 aromatic rings. The standard InChI is InChI=1S/C22H45NO4/c1-11-19(2,3)14-27-17-22(8,9)18(24)23-12-20(4,5)15-26-16-21(6,7)13-25-10/h11-17H2,1-10H3,(H,23,24). The van der Waals surface area contributed by atoms with E-state index in [2.05, 4.69) is 53.8 Å². The van der Waals surface area contributed by atoms with E-state index in [9.17, 15) is 4.79 Å². The van der Waals surface area contributed by atoms with Crippen LogP contribution in [-0.2, 0) is 19.0 Å². The van der Waals surface area contributed by atoms with Gasteiger partial charge in [-0.05, 0) is 25.7 Å². The third-order valence-corrected chi connectivity index (χ3v) is 4.78. The lowest BCUT2D eigenvalue weighted by molar-refractivity contribution is -0.134. The summed E-state index contributed by atoms with van der Waals surface area (Å²) in [6.07, 6.45) is 1.05. The molecule has 0 aromatic carbocycles. The minimum atomic E-state index is -0.554. The molecule has 5 heteroatoms. The predicted molar refractivity (Wildman–Crippen MR) is 112 cm³/mol. The Balaban J connectivity index is 4.35. The number of carbonyl (C=O) groups is 1. The van der Waals surface area contributed by atoms with Gasteiger partial charge >= 0.3 is 0 Å². The van der Waals surface area contributed by atoms with Crippen LogP contribution in [0.4, 0.5) is 0 Å². The lowest BCUT2D eigenvalue weighted by Gasteiger charge is -2.31. The molecule has 27 heavy (non-hydrogen) atoms. The molecule has 0 saturated carbocycles. The SMILES string of the molecule is CCC(C)(C)COCC(C)(C)C(=O)NCC(C)(C)COCC(C)(C)COC. The highest BCUT2D eigenvalue weighted by Crippen LogP contribution is 2.23. The molecule has 0 fully saturated rings. The number of methoxy groups -OCH3 is 1. The van der Waals surface area contributed by atoms with Crippen LogP contribution in [0.2, 0.25) is 0 Å². The first-order chi connectivity index (χ1) is 12.2. The van der Waals surface area contributed by atoms with Crippen molar-refractivity contribution in [1.82, 2.24) is 5.32 Å². The van der Waals surface area contributed by atoms with Crippen LogP contribution in [0.15, 0.2) is 0 Å². The van der Waals surface area contributed by atoms with E-state index in [4.69, 9.17) is 14.2 Å². The van der Waals surface area contributed by atoms with Gasteiger partial charge in [0.1, 0.15) is 0 Å². The van der Waals surface area contributed by atoms with E-state index in [1.54, 1.807) is 7.11 Å². The summed E-state index contributed by atoms with van der Waals surface area (Å²) in [6.45, 7) is 22.3. The highest BCUT2D eigenvalue weighted by atomic mass is 16.5. The molecule has 5 nitrogen and oxygen atoms in total. The summed E-state index contributed by atoms with van der Waals surface area (Å²) in [4.78, 5) is 12.6. The molecule has 0 radical (unpaired) electrons. The lowest BCUT2D eigenvalue weighted by atomic mass is 9.90. The molecule has 0 rings (SSSR count). The van der Waals surface area contributed by atoms with Crippen molar-refractivity contribution in [2.75, 3.05) is 46.7 Å². The van der Waals surface area contributed by atoms with Crippen LogP contribution in [0, 0.1) is 21.7 Å². The molecule has 0 unspecified atom stereocenters. The van der Waals surface area contributed by atoms with Gasteiger partial charge in [0.05, 0.1) is 38.4 Å². The number of hydrogen-bond acceptors (Lipinski definition) is 4. The smallest absolute Gasteiger partial charge is 0.228 e. The zero-order chi connectivity index (χ0) is 21.4. The lowest BCUT2D eigenvalue weighted by Crippen LogP contribution is -2.45. The highest BCUT2D eigenvalue weighted by molar-refractivity contribution is 5.81. The first kappa shape index (κ1) is 26.4. The number of amides is 1. The Morgan fingerprint density at radius 3 is 1.74 bits per heavy atom. The van der Waals surface area contributed by atoms with E-state index in [0.717, 1.165) is 6.42 Å². The fourth-order valence-electron chi connectivity index (χ4n) is 2.40. The number of rotatable bonds is 14. The monoisotopic (exact) mass is 387 g/mol. The van der Waals surface area contributed by atoms with Crippen molar-refractivity contribution in [2.24, 2.45) is 21.7 Å². The van der Waals surface area contributed by atoms with Gasteiger partial charge in [-0.25, -0.2) is 0 Å². The minimum absolute atomic E-state index is 0.0142. The topological polar surface area (TPSA) is 56.8 Å². The van der Waals surface area contributed by atoms with Crippen molar-refractivity contribution in [3.63, 3.8) is 0 Å². The van der Waals surface area contributed by atoms with E-state index in [0.29, 0.717) is 39.6 Å². The summed E-state index contributed by atoms with van der Waals surface area (Å²) in [7, 11) is 1.70. The first-order valence-electron chi connectivity index (χ1n) is 10.1. The van der Waals surface area contributed by atoms with Gasteiger partial charge in [-0.2, -0.15) is 0 Å². The third-order valence-electron chi connectivity index (χ3n) is 4.78. The third kappa shape index (κ3) is 11.7. The molecule has 0 heterocycles. The van der Waals surface area contributed by atoms with Crippen LogP contribution in [0.1, 0.15) is 68.7 Å². The Hall–Kier alpha value is -0.650. The molecule has 0 aliphatic rings. The Kier molecular flexibility index (Phi) is 10.5. The summed E-state index contributed by atoms with van der Waals surface area (Å²) in [6, 6.07) is 0. The van der Waals surface area contributed by atoms with E-state index in [-0.39, 0.29) is 22.2 Å². The normalized spacial score (nSPS) is 13.7. The van der Waals surface area contributed by atoms with Crippen molar-refractivity contribution in [3.05, 3.63) is 0 Å². The number of ether oxygens (including phenoxy) is 3. The Bertz CT molecular complexity index is 442. The van der Waals surface area contributed by atoms with Gasteiger partial charge in [0.15, 0.2) is 0 Å². The maximum atomic E-state index is 12.6. The molecular formula is C22H45NO4. The maximum Gasteiger partial charge on any atom is 0.228 e. The van der Waals surface area contributed by atoms with Crippen LogP contribution >= 0.6 is 0 Å². The van der Waals surface area contributed by atoms with Gasteiger partial charge in [-0.15, -0.1) is 0 Å². The van der Waals surface area contributed by atoms with Crippen LogP contribution in [-0.4, -0.2) is 52.6 Å². The fraction of sp³-hybridized carbons (Fsp3) is 0.955. The van der Waals surface area contributed by atoms with Gasteiger partial charge in [0.25, 0.3) is 0 Å². The van der Waals surface area contributed by atoms with Crippen molar-refractivity contribution >= 4 is 5.91 Å². The first-order valence-corrected chi connectivity index (χ1v) is 10.1. The minimum Gasteiger partial charge on any atom is -0.384 e. The van der Waals surface area contributed by atoms with Crippen molar-refractivity contribution < 1.29 is 19.0 Å². The molecule has 162 valence electrons. The Morgan fingerprint density at radius 1 is 0.741 bits per heavy atom. The maximum absolute atomic E-state index is 12.6. The quantitative estimate of drug-likeness (QED) is 0.483. The predicted octanol–water partition coefficient (Wildman–Crippen LogP) is 4.30. The number of nitrogens with one attached hydrogen (secondary N) is 1. The van der Waals surface area contributed by atoms with Gasteiger partial charge in [0, 0.05) is 24.5 Å². The molecule has 0 aliphatic heterocycles. The second-order valence-electron chi connectivity index (χ2n) is 10.8. The molecule has 0 bridgehead atoms. The van der Waals surface area contributed by atoms with E-state index >= 15 is 0 Å². The second kappa shape index (κ2) is 10.8. The molecule has 1 amide bonds.